The van der Waals surface area contributed by atoms with Gasteiger partial charge in [-0.3, -0.25) is 4.79 Å². The molecule has 0 amide bonds. The van der Waals surface area contributed by atoms with E-state index >= 15 is 0 Å². The summed E-state index contributed by atoms with van der Waals surface area (Å²) in [5, 5.41) is 8.56. The number of nitriles is 1. The van der Waals surface area contributed by atoms with E-state index in [0.29, 0.717) is 12.3 Å². The van der Waals surface area contributed by atoms with Gasteiger partial charge in [-0.2, -0.15) is 5.26 Å². The number of rotatable bonds is 3. The lowest BCUT2D eigenvalue weighted by molar-refractivity contribution is -0.144. The first-order valence-corrected chi connectivity index (χ1v) is 4.71. The predicted molar refractivity (Wildman–Crippen MR) is 54.0 cm³/mol. The fourth-order valence-electron chi connectivity index (χ4n) is 1.13. The van der Waals surface area contributed by atoms with Crippen LogP contribution in [0.4, 0.5) is 0 Å². The Bertz CT molecular complexity index is 379. The van der Waals surface area contributed by atoms with Crippen molar-refractivity contribution in [1.29, 1.82) is 5.26 Å². The summed E-state index contributed by atoms with van der Waals surface area (Å²) in [6, 6.07) is 5.22. The summed E-state index contributed by atoms with van der Waals surface area (Å²) >= 11 is 0. The van der Waals surface area contributed by atoms with Crippen LogP contribution in [-0.2, 0) is 9.53 Å². The van der Waals surface area contributed by atoms with Crippen LogP contribution in [0.5, 0.6) is 0 Å². The first-order valence-electron chi connectivity index (χ1n) is 4.71. The van der Waals surface area contributed by atoms with Gasteiger partial charge in [0.2, 0.25) is 0 Å². The second kappa shape index (κ2) is 5.11. The van der Waals surface area contributed by atoms with E-state index in [9.17, 15) is 4.79 Å². The first-order chi connectivity index (χ1) is 7.19. The largest absolute Gasteiger partial charge is 0.466 e. The topological polar surface area (TPSA) is 63.0 Å². The Kier molecular flexibility index (Phi) is 3.81. The van der Waals surface area contributed by atoms with Crippen molar-refractivity contribution in [3.05, 3.63) is 29.6 Å². The van der Waals surface area contributed by atoms with Crippen LogP contribution in [0.3, 0.4) is 0 Å². The van der Waals surface area contributed by atoms with Crippen LogP contribution in [0.25, 0.3) is 0 Å². The molecule has 0 radical (unpaired) electrons. The molecular formula is C11H12N2O2. The fourth-order valence-corrected chi connectivity index (χ4v) is 1.13. The molecule has 1 heterocycles. The molecule has 1 aromatic heterocycles. The zero-order valence-corrected chi connectivity index (χ0v) is 8.73. The van der Waals surface area contributed by atoms with E-state index in [4.69, 9.17) is 10.00 Å². The van der Waals surface area contributed by atoms with Crippen molar-refractivity contribution in [2.75, 3.05) is 6.61 Å². The molecule has 1 atom stereocenters. The van der Waals surface area contributed by atoms with Gasteiger partial charge in [0.25, 0.3) is 0 Å². The highest BCUT2D eigenvalue weighted by Crippen LogP contribution is 2.15. The van der Waals surface area contributed by atoms with Gasteiger partial charge in [0.1, 0.15) is 11.8 Å². The molecular weight excluding hydrogens is 192 g/mol. The van der Waals surface area contributed by atoms with Gasteiger partial charge < -0.3 is 4.74 Å². The third kappa shape index (κ3) is 2.78. The molecule has 0 aromatic carbocycles. The van der Waals surface area contributed by atoms with Crippen molar-refractivity contribution >= 4 is 5.97 Å². The molecule has 0 bridgehead atoms. The number of nitrogens with zero attached hydrogens (tertiary/aromatic N) is 2. The van der Waals surface area contributed by atoms with Crippen molar-refractivity contribution in [1.82, 2.24) is 4.98 Å². The number of carbonyl (C=O) groups excluding carboxylic acids is 1. The zero-order valence-electron chi connectivity index (χ0n) is 8.73. The van der Waals surface area contributed by atoms with Crippen LogP contribution in [-0.4, -0.2) is 17.6 Å². The van der Waals surface area contributed by atoms with Crippen LogP contribution in [0.2, 0.25) is 0 Å². The number of ether oxygens (including phenoxy) is 1. The van der Waals surface area contributed by atoms with Gasteiger partial charge in [-0.25, -0.2) is 4.98 Å². The van der Waals surface area contributed by atoms with E-state index < -0.39 is 0 Å². The molecule has 0 aliphatic heterocycles. The summed E-state index contributed by atoms with van der Waals surface area (Å²) < 4.78 is 4.88. The summed E-state index contributed by atoms with van der Waals surface area (Å²) in [7, 11) is 0. The molecule has 0 spiro atoms. The monoisotopic (exact) mass is 204 g/mol. The molecule has 0 N–H and O–H groups in total. The molecule has 4 heteroatoms. The minimum atomic E-state index is -0.342. The van der Waals surface area contributed by atoms with E-state index in [-0.39, 0.29) is 11.9 Å². The number of carbonyl (C=O) groups is 1. The van der Waals surface area contributed by atoms with Gasteiger partial charge in [-0.15, -0.1) is 0 Å². The average Bonchev–Trinajstić information content (AvgIpc) is 2.28. The summed E-state index contributed by atoms with van der Waals surface area (Å²) in [6.07, 6.45) is 1.53. The summed E-state index contributed by atoms with van der Waals surface area (Å²) in [5.41, 5.74) is 1.10. The van der Waals surface area contributed by atoms with Crippen LogP contribution in [0.15, 0.2) is 18.3 Å². The second-order valence-corrected chi connectivity index (χ2v) is 3.06. The lowest BCUT2D eigenvalue weighted by atomic mass is 10.0. The molecule has 0 saturated heterocycles. The Morgan fingerprint density at radius 1 is 1.67 bits per heavy atom. The van der Waals surface area contributed by atoms with Gasteiger partial charge in [-0.05, 0) is 25.5 Å². The molecule has 4 nitrogen and oxygen atoms in total. The zero-order chi connectivity index (χ0) is 11.3. The third-order valence-electron chi connectivity index (χ3n) is 2.04. The first kappa shape index (κ1) is 11.2. The molecule has 0 saturated carbocycles. The van der Waals surface area contributed by atoms with Gasteiger partial charge >= 0.3 is 5.97 Å². The normalized spacial score (nSPS) is 11.5. The number of hydrogen-bond acceptors (Lipinski definition) is 4. The standard InChI is InChI=1S/C11H12N2O2/c1-3-15-11(14)8(2)9-4-5-10(6-12)13-7-9/h4-5,7-8H,3H2,1-2H3/t8-/m1/s1. The molecule has 0 aliphatic carbocycles. The Morgan fingerprint density at radius 2 is 2.40 bits per heavy atom. The van der Waals surface area contributed by atoms with Crippen molar-refractivity contribution in [3.8, 4) is 6.07 Å². The van der Waals surface area contributed by atoms with Crippen LogP contribution in [0.1, 0.15) is 31.0 Å². The third-order valence-corrected chi connectivity index (χ3v) is 2.04. The summed E-state index contributed by atoms with van der Waals surface area (Å²) in [6.45, 7) is 3.88. The van der Waals surface area contributed by atoms with Crippen molar-refractivity contribution < 1.29 is 9.53 Å². The Hall–Kier alpha value is -1.89. The fraction of sp³-hybridized carbons (Fsp3) is 0.364. The lowest BCUT2D eigenvalue weighted by Crippen LogP contribution is -2.13. The van der Waals surface area contributed by atoms with Crippen molar-refractivity contribution in [2.45, 2.75) is 19.8 Å². The second-order valence-electron chi connectivity index (χ2n) is 3.06. The van der Waals surface area contributed by atoms with Gasteiger partial charge in [0, 0.05) is 6.20 Å². The molecule has 0 fully saturated rings. The molecule has 0 aliphatic rings. The Balaban J connectivity index is 2.79. The number of hydrogen-bond donors (Lipinski definition) is 0. The van der Waals surface area contributed by atoms with Crippen LogP contribution < -0.4 is 0 Å². The predicted octanol–water partition coefficient (Wildman–Crippen LogP) is 1.62. The SMILES string of the molecule is CCOC(=O)[C@H](C)c1ccc(C#N)nc1. The van der Waals surface area contributed by atoms with Gasteiger partial charge in [-0.1, -0.05) is 6.07 Å². The highest BCUT2D eigenvalue weighted by molar-refractivity contribution is 5.77. The van der Waals surface area contributed by atoms with E-state index in [0.717, 1.165) is 5.56 Å². The van der Waals surface area contributed by atoms with Crippen molar-refractivity contribution in [3.63, 3.8) is 0 Å². The van der Waals surface area contributed by atoms with Crippen LogP contribution in [0, 0.1) is 11.3 Å². The minimum Gasteiger partial charge on any atom is -0.466 e. The highest BCUT2D eigenvalue weighted by atomic mass is 16.5. The van der Waals surface area contributed by atoms with Gasteiger partial charge in [0.05, 0.1) is 12.5 Å². The molecule has 78 valence electrons. The summed E-state index contributed by atoms with van der Waals surface area (Å²) in [5.74, 6) is -0.616. The quantitative estimate of drug-likeness (QED) is 0.702. The highest BCUT2D eigenvalue weighted by Gasteiger charge is 2.16. The summed E-state index contributed by atoms with van der Waals surface area (Å²) in [4.78, 5) is 15.3. The Morgan fingerprint density at radius 3 is 2.87 bits per heavy atom. The van der Waals surface area contributed by atoms with Crippen molar-refractivity contribution in [2.24, 2.45) is 0 Å². The Labute approximate surface area is 88.5 Å². The number of aromatic nitrogens is 1. The lowest BCUT2D eigenvalue weighted by Gasteiger charge is -2.09. The molecule has 15 heavy (non-hydrogen) atoms. The maximum atomic E-state index is 11.4. The minimum absolute atomic E-state index is 0.274. The van der Waals surface area contributed by atoms with E-state index in [1.54, 1.807) is 26.0 Å². The van der Waals surface area contributed by atoms with Gasteiger partial charge in [0.15, 0.2) is 0 Å². The molecule has 0 unspecified atom stereocenters. The van der Waals surface area contributed by atoms with Crippen LogP contribution >= 0.6 is 0 Å². The average molecular weight is 204 g/mol. The van der Waals surface area contributed by atoms with E-state index in [1.807, 2.05) is 6.07 Å². The molecule has 1 rings (SSSR count). The number of esters is 1. The number of pyridine rings is 1. The maximum absolute atomic E-state index is 11.4. The van der Waals surface area contributed by atoms with E-state index in [2.05, 4.69) is 4.98 Å². The van der Waals surface area contributed by atoms with E-state index in [1.165, 1.54) is 6.20 Å². The maximum Gasteiger partial charge on any atom is 0.313 e. The smallest absolute Gasteiger partial charge is 0.313 e. The molecule has 1 aromatic rings.